The van der Waals surface area contributed by atoms with Crippen LogP contribution >= 0.6 is 0 Å². The van der Waals surface area contributed by atoms with Crippen molar-refractivity contribution in [3.8, 4) is 0 Å². The Labute approximate surface area is 159 Å². The monoisotopic (exact) mass is 366 g/mol. The minimum Gasteiger partial charge on any atom is -0.469 e. The number of likely N-dealkylation sites (N-methyl/N-ethyl adjacent to an activating group) is 1. The molecule has 2 aliphatic rings. The zero-order chi connectivity index (χ0) is 19.3. The number of rotatable bonds is 1. The van der Waals surface area contributed by atoms with Crippen molar-refractivity contribution in [2.75, 3.05) is 20.7 Å². The molecule has 2 unspecified atom stereocenters. The van der Waals surface area contributed by atoms with Gasteiger partial charge >= 0.3 is 5.97 Å². The van der Waals surface area contributed by atoms with E-state index in [1.165, 1.54) is 7.11 Å². The number of fused-ring (bicyclic) bond motifs is 5. The Hall–Kier alpha value is -2.40. The predicted octanol–water partition coefficient (Wildman–Crippen LogP) is 2.97. The topological polar surface area (TPSA) is 51.5 Å². The van der Waals surface area contributed by atoms with Crippen molar-refractivity contribution < 1.29 is 14.3 Å². The van der Waals surface area contributed by atoms with Gasteiger partial charge in [-0.1, -0.05) is 29.8 Å². The number of aromatic nitrogens is 1. The molecule has 2 heterocycles. The van der Waals surface area contributed by atoms with Crippen LogP contribution in [0.3, 0.4) is 0 Å². The Morgan fingerprint density at radius 3 is 2.67 bits per heavy atom. The van der Waals surface area contributed by atoms with E-state index in [0.717, 1.165) is 34.3 Å². The summed E-state index contributed by atoms with van der Waals surface area (Å²) < 4.78 is 7.19. The third-order valence-electron chi connectivity index (χ3n) is 6.46. The molecule has 4 rings (SSSR count). The lowest BCUT2D eigenvalue weighted by Crippen LogP contribution is -2.54. The minimum absolute atomic E-state index is 0.0174. The highest BCUT2D eigenvalue weighted by Crippen LogP contribution is 2.42. The highest BCUT2D eigenvalue weighted by atomic mass is 16.5. The quantitative estimate of drug-likeness (QED) is 0.575. The molecule has 0 spiro atoms. The molecule has 5 heteroatoms. The fourth-order valence-corrected chi connectivity index (χ4v) is 5.14. The molecule has 1 aromatic carbocycles. The van der Waals surface area contributed by atoms with Crippen LogP contribution in [0.15, 0.2) is 35.9 Å². The summed E-state index contributed by atoms with van der Waals surface area (Å²) >= 11 is 0. The first-order valence-corrected chi connectivity index (χ1v) is 9.50. The van der Waals surface area contributed by atoms with Gasteiger partial charge in [-0.2, -0.15) is 0 Å². The summed E-state index contributed by atoms with van der Waals surface area (Å²) in [7, 11) is 5.47. The maximum absolute atomic E-state index is 13.3. The van der Waals surface area contributed by atoms with Crippen molar-refractivity contribution in [2.24, 2.45) is 18.9 Å². The normalized spacial score (nSPS) is 27.3. The number of allylic oxidation sites excluding steroid dienone is 1. The van der Waals surface area contributed by atoms with E-state index < -0.39 is 0 Å². The number of benzene rings is 1. The number of nitrogens with zero attached hydrogens (tertiary/aromatic N) is 2. The van der Waals surface area contributed by atoms with Gasteiger partial charge in [0, 0.05) is 42.9 Å². The van der Waals surface area contributed by atoms with Gasteiger partial charge in [-0.3, -0.25) is 14.5 Å². The summed E-state index contributed by atoms with van der Waals surface area (Å²) in [5, 5.41) is 1.11. The molecule has 1 saturated heterocycles. The summed E-state index contributed by atoms with van der Waals surface area (Å²) in [4.78, 5) is 28.3. The van der Waals surface area contributed by atoms with Crippen molar-refractivity contribution in [1.82, 2.24) is 9.47 Å². The molecule has 0 N–H and O–H groups in total. The molecule has 27 heavy (non-hydrogen) atoms. The van der Waals surface area contributed by atoms with Gasteiger partial charge in [0.2, 0.25) is 0 Å². The van der Waals surface area contributed by atoms with Gasteiger partial charge < -0.3 is 9.30 Å². The number of ether oxygens (including phenoxy) is 1. The molecule has 1 aliphatic heterocycles. The van der Waals surface area contributed by atoms with Crippen molar-refractivity contribution in [3.63, 3.8) is 0 Å². The number of likely N-dealkylation sites (tertiary alicyclic amines) is 1. The van der Waals surface area contributed by atoms with Crippen molar-refractivity contribution >= 4 is 22.7 Å². The Morgan fingerprint density at radius 1 is 1.22 bits per heavy atom. The molecule has 0 radical (unpaired) electrons. The molecular formula is C22H26N2O3. The van der Waals surface area contributed by atoms with Crippen LogP contribution in [0.25, 0.3) is 10.9 Å². The summed E-state index contributed by atoms with van der Waals surface area (Å²) in [6, 6.07) is 8.16. The van der Waals surface area contributed by atoms with Gasteiger partial charge in [0.1, 0.15) is 0 Å². The minimum atomic E-state index is -0.323. The van der Waals surface area contributed by atoms with Gasteiger partial charge in [0.05, 0.1) is 18.7 Å². The number of piperidine rings is 1. The van der Waals surface area contributed by atoms with Gasteiger partial charge in [-0.15, -0.1) is 0 Å². The highest BCUT2D eigenvalue weighted by Gasteiger charge is 2.47. The number of carbonyl (C=O) groups excluding carboxylic acids is 2. The lowest BCUT2D eigenvalue weighted by Gasteiger charge is -2.45. The highest BCUT2D eigenvalue weighted by molar-refractivity contribution is 6.03. The van der Waals surface area contributed by atoms with E-state index in [0.29, 0.717) is 12.8 Å². The third-order valence-corrected chi connectivity index (χ3v) is 6.46. The van der Waals surface area contributed by atoms with E-state index in [9.17, 15) is 9.59 Å². The Morgan fingerprint density at radius 2 is 1.96 bits per heavy atom. The zero-order valence-corrected chi connectivity index (χ0v) is 16.4. The first-order chi connectivity index (χ1) is 13.0. The van der Waals surface area contributed by atoms with Gasteiger partial charge in [0.25, 0.3) is 0 Å². The Bertz CT molecular complexity index is 956. The van der Waals surface area contributed by atoms with E-state index in [1.807, 2.05) is 30.7 Å². The molecule has 2 aromatic rings. The largest absolute Gasteiger partial charge is 0.469 e. The number of hydrogen-bond donors (Lipinski definition) is 0. The van der Waals surface area contributed by atoms with Crippen molar-refractivity contribution in [2.45, 2.75) is 25.8 Å². The standard InChI is InChI=1S/C22H26N2O3/c1-5-13-12-23(2)18-10-16-14-8-6-7-9-17(14)24(3)21(16)19(25)11-15(13)20(18)22(26)27-4/h5-9,15,18,20H,10-12H2,1-4H3/b13-5-/t15?,18-,20?/m0/s1. The van der Waals surface area contributed by atoms with E-state index >= 15 is 0 Å². The van der Waals surface area contributed by atoms with Crippen molar-refractivity contribution in [1.29, 1.82) is 0 Å². The number of aryl methyl sites for hydroxylation is 1. The van der Waals surface area contributed by atoms with Crippen LogP contribution < -0.4 is 0 Å². The second kappa shape index (κ2) is 6.64. The molecule has 1 aliphatic carbocycles. The summed E-state index contributed by atoms with van der Waals surface area (Å²) in [6.07, 6.45) is 3.08. The van der Waals surface area contributed by atoms with E-state index in [-0.39, 0.29) is 29.6 Å². The smallest absolute Gasteiger partial charge is 0.310 e. The molecule has 3 atom stereocenters. The van der Waals surface area contributed by atoms with Crippen LogP contribution in [0, 0.1) is 11.8 Å². The number of methoxy groups -OCH3 is 1. The molecule has 2 bridgehead atoms. The maximum Gasteiger partial charge on any atom is 0.310 e. The van der Waals surface area contributed by atoms with Crippen LogP contribution in [0.2, 0.25) is 0 Å². The molecule has 142 valence electrons. The number of para-hydroxylation sites is 1. The first-order valence-electron chi connectivity index (χ1n) is 9.50. The number of Topliss-reactive ketones (excluding diaryl/α,β-unsaturated/α-hetero) is 1. The van der Waals surface area contributed by atoms with Gasteiger partial charge in [-0.25, -0.2) is 0 Å². The molecular weight excluding hydrogens is 340 g/mol. The average molecular weight is 366 g/mol. The fourth-order valence-electron chi connectivity index (χ4n) is 5.14. The van der Waals surface area contributed by atoms with Gasteiger partial charge in [0.15, 0.2) is 5.78 Å². The molecule has 5 nitrogen and oxygen atoms in total. The summed E-state index contributed by atoms with van der Waals surface area (Å²) in [6.45, 7) is 2.77. The average Bonchev–Trinajstić information content (AvgIpc) is 2.94. The number of ketones is 1. The first kappa shape index (κ1) is 18.0. The number of carbonyl (C=O) groups is 2. The van der Waals surface area contributed by atoms with Gasteiger partial charge in [-0.05, 0) is 32.0 Å². The van der Waals surface area contributed by atoms with Crippen molar-refractivity contribution in [3.05, 3.63) is 47.2 Å². The molecule has 0 saturated carbocycles. The molecule has 1 fully saturated rings. The van der Waals surface area contributed by atoms with E-state index in [1.54, 1.807) is 0 Å². The lowest BCUT2D eigenvalue weighted by atomic mass is 9.70. The molecule has 0 amide bonds. The number of esters is 1. The van der Waals surface area contributed by atoms with E-state index in [2.05, 4.69) is 30.2 Å². The Balaban J connectivity index is 1.95. The fraction of sp³-hybridized carbons (Fsp3) is 0.455. The second-order valence-electron chi connectivity index (χ2n) is 7.74. The van der Waals surface area contributed by atoms with Crippen LogP contribution in [0.5, 0.6) is 0 Å². The maximum atomic E-state index is 13.3. The molecule has 1 aromatic heterocycles. The van der Waals surface area contributed by atoms with Crippen LogP contribution in [-0.2, 0) is 23.0 Å². The zero-order valence-electron chi connectivity index (χ0n) is 16.4. The summed E-state index contributed by atoms with van der Waals surface area (Å²) in [5.74, 6) is -0.518. The second-order valence-corrected chi connectivity index (χ2v) is 7.74. The van der Waals surface area contributed by atoms with Crippen LogP contribution in [0.1, 0.15) is 29.4 Å². The van der Waals surface area contributed by atoms with E-state index in [4.69, 9.17) is 4.74 Å². The summed E-state index contributed by atoms with van der Waals surface area (Å²) in [5.41, 5.74) is 4.07. The number of hydrogen-bond acceptors (Lipinski definition) is 4. The third kappa shape index (κ3) is 2.64. The Kier molecular flexibility index (Phi) is 4.42. The SMILES string of the molecule is C/C=C1/CN(C)[C@H]2Cc3c(n(C)c4ccccc34)C(=O)CC1C2C(=O)OC. The van der Waals surface area contributed by atoms with Crippen LogP contribution in [0.4, 0.5) is 0 Å². The lowest BCUT2D eigenvalue weighted by molar-refractivity contribution is -0.150. The van der Waals surface area contributed by atoms with Crippen LogP contribution in [-0.4, -0.2) is 48.0 Å². The predicted molar refractivity (Wildman–Crippen MR) is 105 cm³/mol.